The van der Waals surface area contributed by atoms with Gasteiger partial charge in [0, 0.05) is 55.4 Å². The Labute approximate surface area is 144 Å². The first-order valence-corrected chi connectivity index (χ1v) is 8.23. The van der Waals surface area contributed by atoms with Crippen LogP contribution in [0.1, 0.15) is 35.5 Å². The van der Waals surface area contributed by atoms with Crippen molar-refractivity contribution in [2.45, 2.75) is 32.2 Å². The molecule has 1 aromatic heterocycles. The van der Waals surface area contributed by atoms with E-state index in [4.69, 9.17) is 5.11 Å². The number of aromatic nitrogens is 2. The number of hydrogen-bond acceptors (Lipinski definition) is 4. The maximum absolute atomic E-state index is 13.8. The van der Waals surface area contributed by atoms with Crippen LogP contribution in [0.4, 0.5) is 8.78 Å². The van der Waals surface area contributed by atoms with E-state index < -0.39 is 17.6 Å². The van der Waals surface area contributed by atoms with Gasteiger partial charge < -0.3 is 5.11 Å². The van der Waals surface area contributed by atoms with Crippen molar-refractivity contribution in [1.29, 1.82) is 0 Å². The molecule has 0 spiro atoms. The van der Waals surface area contributed by atoms with Crippen LogP contribution >= 0.6 is 0 Å². The SMILES string of the molecule is O=C(O)CCCN1CCc2nc(Cc3c(F)cccc3F)ncc2C1. The standard InChI is InChI=1S/C18H19F2N3O2/c19-14-3-1-4-15(20)13(14)9-17-21-10-12-11-23(7-2-5-18(24)25)8-6-16(12)22-17/h1,3-4,10H,2,5-9,11H2,(H,24,25). The minimum atomic E-state index is -0.786. The smallest absolute Gasteiger partial charge is 0.303 e. The summed E-state index contributed by atoms with van der Waals surface area (Å²) >= 11 is 0. The van der Waals surface area contributed by atoms with Crippen LogP contribution in [0.2, 0.25) is 0 Å². The van der Waals surface area contributed by atoms with Crippen molar-refractivity contribution in [3.8, 4) is 0 Å². The maximum Gasteiger partial charge on any atom is 0.303 e. The second-order valence-corrected chi connectivity index (χ2v) is 6.16. The van der Waals surface area contributed by atoms with Crippen molar-refractivity contribution in [2.75, 3.05) is 13.1 Å². The molecule has 1 N–H and O–H groups in total. The highest BCUT2D eigenvalue weighted by Crippen LogP contribution is 2.19. The lowest BCUT2D eigenvalue weighted by molar-refractivity contribution is -0.137. The van der Waals surface area contributed by atoms with Crippen LogP contribution < -0.4 is 0 Å². The molecule has 2 aromatic rings. The van der Waals surface area contributed by atoms with Gasteiger partial charge in [-0.15, -0.1) is 0 Å². The molecule has 1 aromatic carbocycles. The van der Waals surface area contributed by atoms with Crippen LogP contribution in [-0.4, -0.2) is 39.0 Å². The zero-order valence-electron chi connectivity index (χ0n) is 13.7. The maximum atomic E-state index is 13.8. The lowest BCUT2D eigenvalue weighted by Crippen LogP contribution is -2.32. The van der Waals surface area contributed by atoms with Crippen LogP contribution in [-0.2, 0) is 24.2 Å². The lowest BCUT2D eigenvalue weighted by Gasteiger charge is -2.27. The number of fused-ring (bicyclic) bond motifs is 1. The number of carbonyl (C=O) groups is 1. The van der Waals surface area contributed by atoms with E-state index in [0.29, 0.717) is 25.3 Å². The summed E-state index contributed by atoms with van der Waals surface area (Å²) in [5, 5.41) is 8.70. The average molecular weight is 347 g/mol. The molecule has 0 fully saturated rings. The van der Waals surface area contributed by atoms with Crippen LogP contribution in [0.5, 0.6) is 0 Å². The van der Waals surface area contributed by atoms with Crippen LogP contribution in [0.3, 0.4) is 0 Å². The van der Waals surface area contributed by atoms with Crippen molar-refractivity contribution in [3.05, 3.63) is 58.7 Å². The molecule has 0 aliphatic carbocycles. The summed E-state index contributed by atoms with van der Waals surface area (Å²) in [6.07, 6.45) is 3.22. The Morgan fingerprint density at radius 3 is 2.76 bits per heavy atom. The zero-order valence-corrected chi connectivity index (χ0v) is 13.7. The largest absolute Gasteiger partial charge is 0.481 e. The lowest BCUT2D eigenvalue weighted by atomic mass is 10.1. The van der Waals surface area contributed by atoms with Crippen molar-refractivity contribution in [1.82, 2.24) is 14.9 Å². The van der Waals surface area contributed by atoms with Gasteiger partial charge in [0.1, 0.15) is 17.5 Å². The predicted molar refractivity (Wildman–Crippen MR) is 87.0 cm³/mol. The van der Waals surface area contributed by atoms with Gasteiger partial charge in [0.15, 0.2) is 0 Å². The van der Waals surface area contributed by atoms with Gasteiger partial charge in [-0.1, -0.05) is 6.07 Å². The molecular weight excluding hydrogens is 328 g/mol. The van der Waals surface area contributed by atoms with Crippen molar-refractivity contribution < 1.29 is 18.7 Å². The topological polar surface area (TPSA) is 66.3 Å². The van der Waals surface area contributed by atoms with Gasteiger partial charge in [-0.2, -0.15) is 0 Å². The molecule has 0 bridgehead atoms. The number of benzene rings is 1. The van der Waals surface area contributed by atoms with E-state index in [1.165, 1.54) is 18.2 Å². The molecule has 2 heterocycles. The molecule has 25 heavy (non-hydrogen) atoms. The third-order valence-corrected chi connectivity index (χ3v) is 4.32. The van der Waals surface area contributed by atoms with Gasteiger partial charge in [-0.3, -0.25) is 9.69 Å². The number of nitrogens with zero attached hydrogens (tertiary/aromatic N) is 3. The van der Waals surface area contributed by atoms with Crippen LogP contribution in [0.25, 0.3) is 0 Å². The molecular formula is C18H19F2N3O2. The summed E-state index contributed by atoms with van der Waals surface area (Å²) in [6.45, 7) is 2.17. The molecule has 1 aliphatic heterocycles. The van der Waals surface area contributed by atoms with Gasteiger partial charge in [0.05, 0.1) is 0 Å². The molecule has 132 valence electrons. The van der Waals surface area contributed by atoms with E-state index in [1.54, 1.807) is 6.20 Å². The Balaban J connectivity index is 1.67. The first kappa shape index (κ1) is 17.4. The molecule has 0 saturated carbocycles. The molecule has 0 atom stereocenters. The van der Waals surface area contributed by atoms with Gasteiger partial charge >= 0.3 is 5.97 Å². The summed E-state index contributed by atoms with van der Waals surface area (Å²) in [7, 11) is 0. The fourth-order valence-corrected chi connectivity index (χ4v) is 3.01. The second kappa shape index (κ2) is 7.65. The Morgan fingerprint density at radius 1 is 1.28 bits per heavy atom. The quantitative estimate of drug-likeness (QED) is 0.870. The fraction of sp³-hybridized carbons (Fsp3) is 0.389. The summed E-state index contributed by atoms with van der Waals surface area (Å²) < 4.78 is 27.5. The van der Waals surface area contributed by atoms with E-state index in [0.717, 1.165) is 24.2 Å². The van der Waals surface area contributed by atoms with E-state index in [-0.39, 0.29) is 18.4 Å². The molecule has 0 unspecified atom stereocenters. The average Bonchev–Trinajstić information content (AvgIpc) is 2.58. The van der Waals surface area contributed by atoms with Gasteiger partial charge in [0.25, 0.3) is 0 Å². The van der Waals surface area contributed by atoms with E-state index in [1.807, 2.05) is 0 Å². The Kier molecular flexibility index (Phi) is 5.33. The Morgan fingerprint density at radius 2 is 2.04 bits per heavy atom. The highest BCUT2D eigenvalue weighted by atomic mass is 19.1. The third-order valence-electron chi connectivity index (χ3n) is 4.32. The Bertz CT molecular complexity index is 763. The van der Waals surface area contributed by atoms with Gasteiger partial charge in [-0.25, -0.2) is 18.7 Å². The molecule has 0 radical (unpaired) electrons. The van der Waals surface area contributed by atoms with Gasteiger partial charge in [-0.05, 0) is 25.1 Å². The number of carboxylic acid groups (broad SMARTS) is 1. The van der Waals surface area contributed by atoms with E-state index in [2.05, 4.69) is 14.9 Å². The third kappa shape index (κ3) is 4.36. The first-order valence-electron chi connectivity index (χ1n) is 8.23. The number of rotatable bonds is 6. The highest BCUT2D eigenvalue weighted by molar-refractivity contribution is 5.66. The number of hydrogen-bond donors (Lipinski definition) is 1. The van der Waals surface area contributed by atoms with Crippen molar-refractivity contribution >= 4 is 5.97 Å². The molecule has 5 nitrogen and oxygen atoms in total. The monoisotopic (exact) mass is 347 g/mol. The minimum absolute atomic E-state index is 0.0199. The van der Waals surface area contributed by atoms with E-state index >= 15 is 0 Å². The molecule has 3 rings (SSSR count). The molecule has 0 saturated heterocycles. The van der Waals surface area contributed by atoms with E-state index in [9.17, 15) is 13.6 Å². The fourth-order valence-electron chi connectivity index (χ4n) is 3.01. The van der Waals surface area contributed by atoms with Crippen molar-refractivity contribution in [3.63, 3.8) is 0 Å². The molecule has 1 aliphatic rings. The summed E-state index contributed by atoms with van der Waals surface area (Å²) in [4.78, 5) is 21.5. The number of carboxylic acids is 1. The minimum Gasteiger partial charge on any atom is -0.481 e. The highest BCUT2D eigenvalue weighted by Gasteiger charge is 2.19. The summed E-state index contributed by atoms with van der Waals surface area (Å²) in [5.41, 5.74) is 1.86. The number of aliphatic carboxylic acids is 1. The molecule has 7 heteroatoms. The van der Waals surface area contributed by atoms with Crippen LogP contribution in [0, 0.1) is 11.6 Å². The number of halogens is 2. The first-order chi connectivity index (χ1) is 12.0. The van der Waals surface area contributed by atoms with Crippen LogP contribution in [0.15, 0.2) is 24.4 Å². The van der Waals surface area contributed by atoms with Gasteiger partial charge in [0.2, 0.25) is 0 Å². The summed E-state index contributed by atoms with van der Waals surface area (Å²) in [5.74, 6) is -1.57. The summed E-state index contributed by atoms with van der Waals surface area (Å²) in [6, 6.07) is 3.79. The predicted octanol–water partition coefficient (Wildman–Crippen LogP) is 2.57. The molecule has 0 amide bonds. The Hall–Kier alpha value is -2.41. The second-order valence-electron chi connectivity index (χ2n) is 6.16. The normalized spacial score (nSPS) is 14.3. The zero-order chi connectivity index (χ0) is 17.8. The van der Waals surface area contributed by atoms with Crippen molar-refractivity contribution in [2.24, 2.45) is 0 Å².